The molecule has 13 heavy (non-hydrogen) atoms. The number of carbonyl (C=O) groups is 1. The summed E-state index contributed by atoms with van der Waals surface area (Å²) < 4.78 is 13.2. The molecule has 0 bridgehead atoms. The topological polar surface area (TPSA) is 20.3 Å². The number of likely N-dealkylation sites (N-methyl/N-ethyl adjacent to an activating group) is 1. The molecule has 0 atom stereocenters. The zero-order valence-electron chi connectivity index (χ0n) is 7.38. The number of carbonyl (C=O) groups excluding carboxylic acids is 1. The number of nitrogens with zero attached hydrogens (tertiary/aromatic N) is 1. The van der Waals surface area contributed by atoms with Crippen molar-refractivity contribution in [1.82, 2.24) is 4.90 Å². The molecule has 0 radical (unpaired) electrons. The van der Waals surface area contributed by atoms with E-state index in [0.29, 0.717) is 24.1 Å². The highest BCUT2D eigenvalue weighted by atomic mass is 19.1. The number of rotatable bonds is 0. The molecule has 0 saturated heterocycles. The summed E-state index contributed by atoms with van der Waals surface area (Å²) in [6.07, 6.45) is 0.615. The Kier molecular flexibility index (Phi) is 1.79. The molecule has 0 aromatic heterocycles. The lowest BCUT2D eigenvalue weighted by atomic mass is 9.99. The van der Waals surface area contributed by atoms with Crippen molar-refractivity contribution in [3.63, 3.8) is 0 Å². The minimum atomic E-state index is -0.265. The summed E-state index contributed by atoms with van der Waals surface area (Å²) in [5.41, 5.74) is 1.07. The van der Waals surface area contributed by atoms with Gasteiger partial charge in [0.05, 0.1) is 0 Å². The Labute approximate surface area is 76.0 Å². The van der Waals surface area contributed by atoms with Crippen LogP contribution in [0.5, 0.6) is 0 Å². The van der Waals surface area contributed by atoms with Gasteiger partial charge < -0.3 is 4.90 Å². The first-order valence-corrected chi connectivity index (χ1v) is 4.23. The van der Waals surface area contributed by atoms with E-state index in [2.05, 4.69) is 0 Å². The second-order valence-electron chi connectivity index (χ2n) is 3.24. The van der Waals surface area contributed by atoms with Crippen LogP contribution in [0.15, 0.2) is 18.2 Å². The Morgan fingerprint density at radius 2 is 2.23 bits per heavy atom. The lowest BCUT2D eigenvalue weighted by Gasteiger charge is -2.24. The van der Waals surface area contributed by atoms with Crippen molar-refractivity contribution in [3.05, 3.63) is 35.1 Å². The summed E-state index contributed by atoms with van der Waals surface area (Å²) in [7, 11) is 1.73. The number of amides is 1. The minimum absolute atomic E-state index is 0.0826. The average molecular weight is 179 g/mol. The third-order valence-electron chi connectivity index (χ3n) is 2.39. The molecule has 68 valence electrons. The lowest BCUT2D eigenvalue weighted by Crippen LogP contribution is -2.34. The maximum atomic E-state index is 13.2. The summed E-state index contributed by atoms with van der Waals surface area (Å²) in [5.74, 6) is -0.347. The summed E-state index contributed by atoms with van der Waals surface area (Å²) >= 11 is 0. The molecule has 1 aliphatic heterocycles. The Morgan fingerprint density at radius 1 is 1.46 bits per heavy atom. The van der Waals surface area contributed by atoms with Crippen molar-refractivity contribution >= 4 is 5.91 Å². The highest BCUT2D eigenvalue weighted by molar-refractivity contribution is 5.96. The van der Waals surface area contributed by atoms with Crippen LogP contribution in [0.2, 0.25) is 0 Å². The first kappa shape index (κ1) is 8.23. The van der Waals surface area contributed by atoms with Crippen molar-refractivity contribution in [3.8, 4) is 0 Å². The van der Waals surface area contributed by atoms with Gasteiger partial charge in [0.1, 0.15) is 5.82 Å². The smallest absolute Gasteiger partial charge is 0.253 e. The first-order valence-electron chi connectivity index (χ1n) is 4.23. The van der Waals surface area contributed by atoms with Gasteiger partial charge in [-0.3, -0.25) is 4.79 Å². The van der Waals surface area contributed by atoms with Crippen molar-refractivity contribution in [2.24, 2.45) is 0 Å². The fraction of sp³-hybridized carbons (Fsp3) is 0.300. The Bertz CT molecular complexity index is 362. The molecule has 1 aromatic rings. The van der Waals surface area contributed by atoms with E-state index in [-0.39, 0.29) is 11.7 Å². The molecule has 0 fully saturated rings. The van der Waals surface area contributed by atoms with E-state index < -0.39 is 0 Å². The van der Waals surface area contributed by atoms with E-state index in [9.17, 15) is 9.18 Å². The van der Waals surface area contributed by atoms with E-state index in [1.165, 1.54) is 6.07 Å². The monoisotopic (exact) mass is 179 g/mol. The van der Waals surface area contributed by atoms with Crippen LogP contribution < -0.4 is 0 Å². The summed E-state index contributed by atoms with van der Waals surface area (Å²) in [6, 6.07) is 4.65. The molecule has 1 aromatic carbocycles. The van der Waals surface area contributed by atoms with Gasteiger partial charge in [-0.25, -0.2) is 4.39 Å². The maximum Gasteiger partial charge on any atom is 0.253 e. The first-order chi connectivity index (χ1) is 6.20. The molecule has 2 rings (SSSR count). The molecule has 0 spiro atoms. The quantitative estimate of drug-likeness (QED) is 0.590. The molecule has 1 heterocycles. The van der Waals surface area contributed by atoms with Gasteiger partial charge >= 0.3 is 0 Å². The standard InChI is InChI=1S/C10H10FNO/c1-12-6-5-7-8(10(12)13)3-2-4-9(7)11/h2-4H,5-6H2,1H3. The van der Waals surface area contributed by atoms with Crippen LogP contribution in [0.4, 0.5) is 4.39 Å². The van der Waals surface area contributed by atoms with E-state index >= 15 is 0 Å². The maximum absolute atomic E-state index is 13.2. The summed E-state index contributed by atoms with van der Waals surface area (Å²) in [6.45, 7) is 0.604. The highest BCUT2D eigenvalue weighted by Gasteiger charge is 2.23. The van der Waals surface area contributed by atoms with Crippen LogP contribution in [-0.4, -0.2) is 24.4 Å². The van der Waals surface area contributed by atoms with Gasteiger partial charge in [0.15, 0.2) is 0 Å². The molecule has 0 aliphatic carbocycles. The van der Waals surface area contributed by atoms with Gasteiger partial charge in [0.25, 0.3) is 5.91 Å². The Balaban J connectivity index is 2.55. The van der Waals surface area contributed by atoms with Crippen LogP contribution in [0.1, 0.15) is 15.9 Å². The van der Waals surface area contributed by atoms with Crippen molar-refractivity contribution < 1.29 is 9.18 Å². The normalized spacial score (nSPS) is 15.8. The predicted molar refractivity (Wildman–Crippen MR) is 47.1 cm³/mol. The Hall–Kier alpha value is -1.38. The Morgan fingerprint density at radius 3 is 3.00 bits per heavy atom. The molecule has 1 aliphatic rings. The molecular weight excluding hydrogens is 169 g/mol. The number of halogens is 1. The van der Waals surface area contributed by atoms with Crippen LogP contribution in [-0.2, 0) is 6.42 Å². The third kappa shape index (κ3) is 1.20. The number of hydrogen-bond acceptors (Lipinski definition) is 1. The van der Waals surface area contributed by atoms with Crippen molar-refractivity contribution in [2.75, 3.05) is 13.6 Å². The lowest BCUT2D eigenvalue weighted by molar-refractivity contribution is 0.0779. The van der Waals surface area contributed by atoms with Gasteiger partial charge in [0.2, 0.25) is 0 Å². The van der Waals surface area contributed by atoms with Gasteiger partial charge in [-0.2, -0.15) is 0 Å². The average Bonchev–Trinajstić information content (AvgIpc) is 2.12. The van der Waals surface area contributed by atoms with E-state index in [1.807, 2.05) is 0 Å². The zero-order valence-corrected chi connectivity index (χ0v) is 7.38. The molecule has 3 heteroatoms. The van der Waals surface area contributed by atoms with Crippen LogP contribution >= 0.6 is 0 Å². The van der Waals surface area contributed by atoms with Crippen molar-refractivity contribution in [1.29, 1.82) is 0 Å². The van der Waals surface area contributed by atoms with Gasteiger partial charge in [-0.1, -0.05) is 6.07 Å². The summed E-state index contributed by atoms with van der Waals surface area (Å²) in [4.78, 5) is 13.1. The fourth-order valence-corrected chi connectivity index (χ4v) is 1.60. The fourth-order valence-electron chi connectivity index (χ4n) is 1.60. The highest BCUT2D eigenvalue weighted by Crippen LogP contribution is 2.20. The van der Waals surface area contributed by atoms with Crippen LogP contribution in [0.25, 0.3) is 0 Å². The second kappa shape index (κ2) is 2.83. The van der Waals surface area contributed by atoms with E-state index in [4.69, 9.17) is 0 Å². The largest absolute Gasteiger partial charge is 0.341 e. The van der Waals surface area contributed by atoms with E-state index in [0.717, 1.165) is 0 Å². The molecule has 2 nitrogen and oxygen atoms in total. The van der Waals surface area contributed by atoms with E-state index in [1.54, 1.807) is 24.1 Å². The minimum Gasteiger partial charge on any atom is -0.341 e. The predicted octanol–water partition coefficient (Wildman–Crippen LogP) is 1.45. The molecular formula is C10H10FNO. The van der Waals surface area contributed by atoms with Gasteiger partial charge in [-0.05, 0) is 18.6 Å². The molecule has 0 saturated carbocycles. The van der Waals surface area contributed by atoms with Crippen LogP contribution in [0, 0.1) is 5.82 Å². The zero-order chi connectivity index (χ0) is 9.42. The summed E-state index contributed by atoms with van der Waals surface area (Å²) in [5, 5.41) is 0. The number of fused-ring (bicyclic) bond motifs is 1. The third-order valence-corrected chi connectivity index (χ3v) is 2.39. The number of benzene rings is 1. The SMILES string of the molecule is CN1CCc2c(F)cccc2C1=O. The van der Waals surface area contributed by atoms with Crippen molar-refractivity contribution in [2.45, 2.75) is 6.42 Å². The van der Waals surface area contributed by atoms with Gasteiger partial charge in [-0.15, -0.1) is 0 Å². The van der Waals surface area contributed by atoms with Crippen LogP contribution in [0.3, 0.4) is 0 Å². The number of hydrogen-bond donors (Lipinski definition) is 0. The second-order valence-corrected chi connectivity index (χ2v) is 3.24. The molecule has 1 amide bonds. The molecule has 0 unspecified atom stereocenters. The van der Waals surface area contributed by atoms with Gasteiger partial charge in [0, 0.05) is 24.7 Å². The molecule has 0 N–H and O–H groups in total.